The van der Waals surface area contributed by atoms with Crippen molar-refractivity contribution < 1.29 is 65.0 Å². The van der Waals surface area contributed by atoms with E-state index in [9.17, 15) is 33.2 Å². The van der Waals surface area contributed by atoms with E-state index in [0.29, 0.717) is 23.7 Å². The molecule has 1 amide bonds. The molecule has 0 spiro atoms. The predicted molar refractivity (Wildman–Crippen MR) is 156 cm³/mol. The number of alkyl carbamates (subject to hydrolysis) is 1. The number of hydrogen-bond acceptors (Lipinski definition) is 14. The Balaban J connectivity index is 1.78. The maximum Gasteiger partial charge on any atom is 0.490 e. The van der Waals surface area contributed by atoms with Gasteiger partial charge in [0.2, 0.25) is 0 Å². The fourth-order valence-electron chi connectivity index (χ4n) is 3.84. The summed E-state index contributed by atoms with van der Waals surface area (Å²) in [4.78, 5) is 48.8. The number of carbonyl (C=O) groups is 1. The van der Waals surface area contributed by atoms with Crippen molar-refractivity contribution >= 4 is 46.4 Å². The molecule has 22 heteroatoms. The molecule has 1 aliphatic heterocycles. The zero-order valence-electron chi connectivity index (χ0n) is 24.0. The van der Waals surface area contributed by atoms with Crippen molar-refractivity contribution in [2.24, 2.45) is 0 Å². The lowest BCUT2D eigenvalue weighted by Crippen LogP contribution is -2.29. The van der Waals surface area contributed by atoms with Gasteiger partial charge in [-0.2, -0.15) is 8.62 Å². The van der Waals surface area contributed by atoms with Crippen LogP contribution in [-0.4, -0.2) is 81.0 Å². The van der Waals surface area contributed by atoms with E-state index in [-0.39, 0.29) is 32.0 Å². The van der Waals surface area contributed by atoms with E-state index in [2.05, 4.69) is 46.8 Å². The number of nitrogen functional groups attached to an aromatic ring is 1. The van der Waals surface area contributed by atoms with Crippen LogP contribution in [0, 0.1) is 11.8 Å². The topological polar surface area (TPSA) is 262 Å². The number of fused-ring (bicyclic) bond motifs is 1. The minimum absolute atomic E-state index is 0.0395. The minimum atomic E-state index is -5.60. The summed E-state index contributed by atoms with van der Waals surface area (Å²) in [5.41, 5.74) is 6.85. The highest BCUT2D eigenvalue weighted by molar-refractivity contribution is 7.66. The molecule has 19 nitrogen and oxygen atoms in total. The highest BCUT2D eigenvalue weighted by Crippen LogP contribution is 2.67. The van der Waals surface area contributed by atoms with E-state index in [1.807, 2.05) is 0 Å². The number of carbonyl (C=O) groups excluding carboxylic acids is 1. The van der Waals surface area contributed by atoms with Crippen molar-refractivity contribution in [2.75, 3.05) is 39.2 Å². The summed E-state index contributed by atoms with van der Waals surface area (Å²) < 4.78 is 70.8. The lowest BCUT2D eigenvalue weighted by atomic mass is 10.2. The number of nitrogens with zero attached hydrogens (tertiary/aromatic N) is 3. The second-order valence-corrected chi connectivity index (χ2v) is 13.5. The average molecular weight is 695 g/mol. The molecule has 2 aromatic rings. The Labute approximate surface area is 257 Å². The number of aromatic nitrogens is 3. The van der Waals surface area contributed by atoms with Gasteiger partial charge < -0.3 is 44.5 Å². The molecule has 0 aliphatic carbocycles. The number of amides is 1. The highest BCUT2D eigenvalue weighted by Gasteiger charge is 2.44. The normalized spacial score (nSPS) is 22.2. The molecule has 0 aromatic carbocycles. The fraction of sp³-hybridized carbons (Fsp3) is 0.435. The number of allylic oxidation sites excluding steroid dienone is 1. The number of rotatable bonds is 15. The Morgan fingerprint density at radius 3 is 2.64 bits per heavy atom. The first-order valence-corrected chi connectivity index (χ1v) is 17.3. The number of ether oxygens (including phenoxy) is 3. The van der Waals surface area contributed by atoms with E-state index >= 15 is 0 Å². The van der Waals surface area contributed by atoms with E-state index < -0.39 is 54.6 Å². The largest absolute Gasteiger partial charge is 0.490 e. The molecule has 1 fully saturated rings. The Bertz CT molecular complexity index is 1600. The third-order valence-electron chi connectivity index (χ3n) is 5.69. The van der Waals surface area contributed by atoms with Crippen LogP contribution in [-0.2, 0) is 45.6 Å². The van der Waals surface area contributed by atoms with Gasteiger partial charge in [-0.05, 0) is 6.92 Å². The first-order valence-electron chi connectivity index (χ1n) is 12.8. The molecule has 0 saturated carbocycles. The van der Waals surface area contributed by atoms with Crippen molar-refractivity contribution in [2.45, 2.75) is 31.8 Å². The van der Waals surface area contributed by atoms with Crippen molar-refractivity contribution in [3.05, 3.63) is 42.9 Å². The first kappa shape index (κ1) is 36.5. The summed E-state index contributed by atoms with van der Waals surface area (Å²) in [5.74, 6) is 5.82. The molecule has 3 heterocycles. The van der Waals surface area contributed by atoms with E-state index in [1.165, 1.54) is 12.4 Å². The molecule has 6 atom stereocenters. The number of anilines is 1. The van der Waals surface area contributed by atoms with E-state index in [4.69, 9.17) is 24.5 Å². The zero-order chi connectivity index (χ0) is 33.3. The van der Waals surface area contributed by atoms with Gasteiger partial charge in [0.25, 0.3) is 0 Å². The number of phosphoric ester groups is 2. The van der Waals surface area contributed by atoms with Crippen LogP contribution in [0.3, 0.4) is 0 Å². The Morgan fingerprint density at radius 1 is 1.22 bits per heavy atom. The maximum absolute atomic E-state index is 12.4. The predicted octanol–water partition coefficient (Wildman–Crippen LogP) is 2.52. The van der Waals surface area contributed by atoms with Crippen molar-refractivity contribution in [3.63, 3.8) is 0 Å². The van der Waals surface area contributed by atoms with Crippen LogP contribution in [0.15, 0.2) is 37.3 Å². The van der Waals surface area contributed by atoms with Crippen LogP contribution in [0.4, 0.5) is 10.6 Å². The third kappa shape index (κ3) is 10.8. The maximum atomic E-state index is 12.4. The smallest absolute Gasteiger partial charge is 0.445 e. The Morgan fingerprint density at radius 2 is 1.96 bits per heavy atom. The van der Waals surface area contributed by atoms with Crippen molar-refractivity contribution in [3.8, 4) is 11.8 Å². The number of nitrogens with one attached hydrogen (secondary N) is 1. The zero-order valence-corrected chi connectivity index (χ0v) is 26.6. The van der Waals surface area contributed by atoms with Crippen LogP contribution in [0.5, 0.6) is 0 Å². The van der Waals surface area contributed by atoms with Gasteiger partial charge in [0, 0.05) is 19.7 Å². The van der Waals surface area contributed by atoms with Gasteiger partial charge in [0.05, 0.1) is 36.8 Å². The lowest BCUT2D eigenvalue weighted by Gasteiger charge is -2.21. The molecule has 2 aromatic heterocycles. The average Bonchev–Trinajstić information content (AvgIpc) is 3.54. The van der Waals surface area contributed by atoms with Gasteiger partial charge in [0.15, 0.2) is 0 Å². The van der Waals surface area contributed by atoms with Crippen LogP contribution in [0.2, 0.25) is 0 Å². The van der Waals surface area contributed by atoms with Gasteiger partial charge in [-0.1, -0.05) is 30.1 Å². The summed E-state index contributed by atoms with van der Waals surface area (Å²) in [6.45, 7) is 4.82. The van der Waals surface area contributed by atoms with Gasteiger partial charge in [-0.25, -0.2) is 28.5 Å². The molecule has 1 aliphatic rings. The summed E-state index contributed by atoms with van der Waals surface area (Å²) in [7, 11) is -15.3. The molecule has 0 bridgehead atoms. The van der Waals surface area contributed by atoms with E-state index in [1.54, 1.807) is 29.8 Å². The molecule has 0 radical (unpaired) electrons. The van der Waals surface area contributed by atoms with Crippen molar-refractivity contribution in [1.82, 2.24) is 19.9 Å². The van der Waals surface area contributed by atoms with Gasteiger partial charge in [-0.15, -0.1) is 6.58 Å². The molecule has 6 N–H and O–H groups in total. The summed E-state index contributed by atoms with van der Waals surface area (Å²) >= 11 is 0. The van der Waals surface area contributed by atoms with Crippen LogP contribution in [0.25, 0.3) is 11.0 Å². The third-order valence-corrected chi connectivity index (χ3v) is 9.93. The fourth-order valence-corrected chi connectivity index (χ4v) is 7.10. The molecule has 3 rings (SSSR count). The molecular weight excluding hydrogens is 663 g/mol. The second-order valence-electron chi connectivity index (χ2n) is 8.80. The standard InChI is InChI=1S/C23H32N5O14P3/c1-4-6-11-38-23(29)25-9-7-8-16-13-28(22-20(16)21(24)26-15-27-22)19-12-17(37-10-5-2)18(40-19)14-39-44(32,33)42-45(34,35)41-43(30,31)36-3/h4-6,13,15,17-19H,2,9-12,14H2,1,3H3,(H,25,29)(H,30,31)(H,32,33)(H,34,35)(H2,24,26,27)/b6-4-/t17?,18-,19-/m1/s1. The monoisotopic (exact) mass is 695 g/mol. The summed E-state index contributed by atoms with van der Waals surface area (Å²) in [6.07, 6.45) is 4.57. The number of nitrogens with two attached hydrogens (primary N) is 1. The second kappa shape index (κ2) is 16.1. The number of hydrogen-bond donors (Lipinski definition) is 5. The molecule has 1 saturated heterocycles. The highest BCUT2D eigenvalue weighted by atomic mass is 31.3. The van der Waals surface area contributed by atoms with Crippen LogP contribution in [0.1, 0.15) is 25.1 Å². The number of phosphoric acid groups is 3. The molecule has 4 unspecified atom stereocenters. The quantitative estimate of drug-likeness (QED) is 0.102. The van der Waals surface area contributed by atoms with Gasteiger partial charge >= 0.3 is 29.6 Å². The van der Waals surface area contributed by atoms with Crippen molar-refractivity contribution in [1.29, 1.82) is 0 Å². The van der Waals surface area contributed by atoms with Gasteiger partial charge in [0.1, 0.15) is 36.7 Å². The summed E-state index contributed by atoms with van der Waals surface area (Å²) in [5, 5.41) is 2.89. The SMILES string of the molecule is C=CCOC1C[C@H](n2cc(C#CCNC(=O)OC/C=C\C)c3c(N)ncnc32)O[C@@H]1COP(=O)(O)OP(=O)(O)OP(=O)(O)OC. The van der Waals surface area contributed by atoms with Gasteiger partial charge in [-0.3, -0.25) is 9.05 Å². The lowest BCUT2D eigenvalue weighted by molar-refractivity contribution is -0.0550. The molecule has 45 heavy (non-hydrogen) atoms. The van der Waals surface area contributed by atoms with E-state index in [0.717, 1.165) is 0 Å². The Hall–Kier alpha value is -2.94. The Kier molecular flexibility index (Phi) is 13.0. The first-order chi connectivity index (χ1) is 21.2. The minimum Gasteiger partial charge on any atom is -0.445 e. The molecule has 248 valence electrons. The summed E-state index contributed by atoms with van der Waals surface area (Å²) in [6, 6.07) is 0. The van der Waals surface area contributed by atoms with Crippen LogP contribution < -0.4 is 11.1 Å². The molecular formula is C23H32N5O14P3. The van der Waals surface area contributed by atoms with Crippen LogP contribution >= 0.6 is 23.5 Å².